The maximum Gasteiger partial charge on any atom is 0.254 e. The number of benzene rings is 2. The number of aromatic nitrogens is 3. The number of rotatable bonds is 10. The molecule has 5 rings (SSSR count). The number of hydrogen-bond donors (Lipinski definition) is 3. The quantitative estimate of drug-likeness (QED) is 0.199. The summed E-state index contributed by atoms with van der Waals surface area (Å²) >= 11 is 8.65. The van der Waals surface area contributed by atoms with Crippen LogP contribution in [0.4, 0.5) is 5.00 Å². The van der Waals surface area contributed by atoms with Gasteiger partial charge in [0.15, 0.2) is 11.0 Å². The first kappa shape index (κ1) is 29.8. The number of halogens is 1. The predicted molar refractivity (Wildman–Crippen MR) is 166 cm³/mol. The summed E-state index contributed by atoms with van der Waals surface area (Å²) in [6.45, 7) is 2.24. The van der Waals surface area contributed by atoms with Crippen LogP contribution >= 0.6 is 34.7 Å². The molecule has 0 radical (unpaired) electrons. The van der Waals surface area contributed by atoms with Crippen molar-refractivity contribution in [2.45, 2.75) is 50.4 Å². The number of nitrogens with one attached hydrogen (secondary N) is 3. The number of hydrogen-bond acceptors (Lipinski definition) is 7. The number of amides is 3. The molecular formula is C30H31ClN6O3S2. The molecule has 2 heterocycles. The number of nitrogens with zero attached hydrogens (tertiary/aromatic N) is 3. The van der Waals surface area contributed by atoms with Gasteiger partial charge in [-0.15, -0.1) is 21.5 Å². The third kappa shape index (κ3) is 7.03. The zero-order valence-corrected chi connectivity index (χ0v) is 25.7. The first-order valence-electron chi connectivity index (χ1n) is 13.6. The molecule has 42 heavy (non-hydrogen) atoms. The molecule has 12 heteroatoms. The number of fused-ring (bicyclic) bond motifs is 1. The lowest BCUT2D eigenvalue weighted by atomic mass is 9.95. The molecule has 0 unspecified atom stereocenters. The Hall–Kier alpha value is -3.67. The van der Waals surface area contributed by atoms with Gasteiger partial charge in [-0.05, 0) is 68.0 Å². The molecular weight excluding hydrogens is 592 g/mol. The third-order valence-electron chi connectivity index (χ3n) is 6.99. The normalized spacial score (nSPS) is 13.2. The van der Waals surface area contributed by atoms with Crippen molar-refractivity contribution < 1.29 is 14.4 Å². The fourth-order valence-corrected chi connectivity index (χ4v) is 6.98. The van der Waals surface area contributed by atoms with Gasteiger partial charge in [0.1, 0.15) is 5.00 Å². The smallest absolute Gasteiger partial charge is 0.254 e. The summed E-state index contributed by atoms with van der Waals surface area (Å²) in [5.41, 5.74) is 3.13. The molecule has 218 valence electrons. The van der Waals surface area contributed by atoms with Crippen LogP contribution in [0.2, 0.25) is 5.02 Å². The lowest BCUT2D eigenvalue weighted by Gasteiger charge is -2.14. The van der Waals surface area contributed by atoms with Gasteiger partial charge < -0.3 is 20.5 Å². The lowest BCUT2D eigenvalue weighted by Crippen LogP contribution is -2.28. The predicted octanol–water partition coefficient (Wildman–Crippen LogP) is 5.56. The zero-order valence-electron chi connectivity index (χ0n) is 23.3. The Morgan fingerprint density at radius 1 is 1.02 bits per heavy atom. The van der Waals surface area contributed by atoms with Gasteiger partial charge >= 0.3 is 0 Å². The van der Waals surface area contributed by atoms with E-state index in [1.165, 1.54) is 28.0 Å². The number of carbonyl (C=O) groups is 3. The molecule has 0 spiro atoms. The summed E-state index contributed by atoms with van der Waals surface area (Å²) in [6.07, 6.45) is 3.85. The Morgan fingerprint density at radius 3 is 2.52 bits per heavy atom. The molecule has 0 fully saturated rings. The highest BCUT2D eigenvalue weighted by Gasteiger charge is 2.27. The summed E-state index contributed by atoms with van der Waals surface area (Å²) in [5.74, 6) is -0.00912. The molecule has 0 saturated carbocycles. The Morgan fingerprint density at radius 2 is 1.76 bits per heavy atom. The van der Waals surface area contributed by atoms with Gasteiger partial charge in [-0.25, -0.2) is 0 Å². The van der Waals surface area contributed by atoms with E-state index in [2.05, 4.69) is 26.1 Å². The Balaban J connectivity index is 1.21. The average molecular weight is 623 g/mol. The molecule has 1 aliphatic rings. The molecule has 0 bridgehead atoms. The molecule has 2 aromatic carbocycles. The van der Waals surface area contributed by atoms with Crippen LogP contribution in [0.1, 0.15) is 68.4 Å². The van der Waals surface area contributed by atoms with Crippen LogP contribution in [-0.4, -0.2) is 38.2 Å². The van der Waals surface area contributed by atoms with Crippen LogP contribution in [0.5, 0.6) is 0 Å². The van der Waals surface area contributed by atoms with Gasteiger partial charge in [-0.3, -0.25) is 14.4 Å². The highest BCUT2D eigenvalue weighted by atomic mass is 35.5. The zero-order chi connectivity index (χ0) is 29.6. The highest BCUT2D eigenvalue weighted by molar-refractivity contribution is 7.99. The second-order valence-electron chi connectivity index (χ2n) is 10.0. The van der Waals surface area contributed by atoms with Crippen molar-refractivity contribution in [3.63, 3.8) is 0 Å². The second-order valence-corrected chi connectivity index (χ2v) is 12.5. The standard InChI is InChI=1S/C30H31ClN6O3S2/c1-18(33-27(39)20-12-14-21(31)15-13-20)26-35-36-30(37(26)2)41-17-24(38)34-29-25(22-10-6-7-11-23(22)42-29)28(40)32-16-19-8-4-3-5-9-19/h3-5,8-9,12-15,18H,6-7,10-11,16-17H2,1-2H3,(H,32,40)(H,33,39)(H,34,38)/t18-/m0/s1. The van der Waals surface area contributed by atoms with Gasteiger partial charge in [-0.2, -0.15) is 0 Å². The summed E-state index contributed by atoms with van der Waals surface area (Å²) in [5, 5.41) is 19.1. The largest absolute Gasteiger partial charge is 0.348 e. The van der Waals surface area contributed by atoms with Gasteiger partial charge in [0.05, 0.1) is 17.4 Å². The molecule has 0 saturated heterocycles. The molecule has 1 atom stereocenters. The SMILES string of the molecule is C[C@H](NC(=O)c1ccc(Cl)cc1)c1nnc(SCC(=O)Nc2sc3c(c2C(=O)NCc2ccccc2)CCCC3)n1C. The fourth-order valence-electron chi connectivity index (χ4n) is 4.83. The minimum atomic E-state index is -0.414. The highest BCUT2D eigenvalue weighted by Crippen LogP contribution is 2.38. The summed E-state index contributed by atoms with van der Waals surface area (Å²) in [4.78, 5) is 40.1. The molecule has 0 aliphatic heterocycles. The van der Waals surface area contributed by atoms with Gasteiger partial charge in [0.25, 0.3) is 11.8 Å². The van der Waals surface area contributed by atoms with E-state index in [-0.39, 0.29) is 23.5 Å². The van der Waals surface area contributed by atoms with E-state index in [4.69, 9.17) is 11.6 Å². The topological polar surface area (TPSA) is 118 Å². The average Bonchev–Trinajstić information content (AvgIpc) is 3.55. The van der Waals surface area contributed by atoms with E-state index in [9.17, 15) is 14.4 Å². The Bertz CT molecular complexity index is 1590. The minimum absolute atomic E-state index is 0.0884. The van der Waals surface area contributed by atoms with Crippen molar-refractivity contribution >= 4 is 57.4 Å². The van der Waals surface area contributed by atoms with Crippen LogP contribution < -0.4 is 16.0 Å². The summed E-state index contributed by atoms with van der Waals surface area (Å²) in [6, 6.07) is 16.0. The van der Waals surface area contributed by atoms with E-state index in [0.29, 0.717) is 38.7 Å². The van der Waals surface area contributed by atoms with E-state index in [0.717, 1.165) is 36.8 Å². The number of aryl methyl sites for hydroxylation is 1. The van der Waals surface area contributed by atoms with Crippen molar-refractivity contribution in [3.05, 3.63) is 92.6 Å². The second kappa shape index (κ2) is 13.5. The third-order valence-corrected chi connectivity index (χ3v) is 9.47. The van der Waals surface area contributed by atoms with Gasteiger partial charge in [0, 0.05) is 29.1 Å². The lowest BCUT2D eigenvalue weighted by molar-refractivity contribution is -0.113. The minimum Gasteiger partial charge on any atom is -0.348 e. The molecule has 9 nitrogen and oxygen atoms in total. The first-order valence-corrected chi connectivity index (χ1v) is 15.8. The van der Waals surface area contributed by atoms with Crippen LogP contribution in [0, 0.1) is 0 Å². The molecule has 2 aromatic heterocycles. The van der Waals surface area contributed by atoms with Crippen LogP contribution in [0.15, 0.2) is 59.8 Å². The Labute approximate surface area is 257 Å². The van der Waals surface area contributed by atoms with Crippen molar-refractivity contribution in [1.29, 1.82) is 0 Å². The van der Waals surface area contributed by atoms with Gasteiger partial charge in [0.2, 0.25) is 5.91 Å². The summed E-state index contributed by atoms with van der Waals surface area (Å²) < 4.78 is 1.76. The molecule has 1 aliphatic carbocycles. The summed E-state index contributed by atoms with van der Waals surface area (Å²) in [7, 11) is 1.79. The van der Waals surface area contributed by atoms with Crippen LogP contribution in [0.25, 0.3) is 0 Å². The van der Waals surface area contributed by atoms with Crippen LogP contribution in [0.3, 0.4) is 0 Å². The maximum absolute atomic E-state index is 13.3. The van der Waals surface area contributed by atoms with Crippen LogP contribution in [-0.2, 0) is 31.2 Å². The van der Waals surface area contributed by atoms with E-state index in [1.54, 1.807) is 35.9 Å². The van der Waals surface area contributed by atoms with E-state index in [1.807, 2.05) is 37.3 Å². The number of anilines is 1. The van der Waals surface area contributed by atoms with Crippen molar-refractivity contribution in [1.82, 2.24) is 25.4 Å². The number of thioether (sulfide) groups is 1. The van der Waals surface area contributed by atoms with Crippen molar-refractivity contribution in [3.8, 4) is 0 Å². The monoisotopic (exact) mass is 622 g/mol. The Kier molecular flexibility index (Phi) is 9.61. The van der Waals surface area contributed by atoms with Crippen molar-refractivity contribution in [2.75, 3.05) is 11.1 Å². The van der Waals surface area contributed by atoms with Gasteiger partial charge in [-0.1, -0.05) is 53.7 Å². The maximum atomic E-state index is 13.3. The molecule has 3 amide bonds. The van der Waals surface area contributed by atoms with E-state index >= 15 is 0 Å². The number of thiophene rings is 1. The number of carbonyl (C=O) groups excluding carboxylic acids is 3. The van der Waals surface area contributed by atoms with E-state index < -0.39 is 6.04 Å². The fraction of sp³-hybridized carbons (Fsp3) is 0.300. The molecule has 4 aromatic rings. The molecule has 3 N–H and O–H groups in total. The van der Waals surface area contributed by atoms with Crippen molar-refractivity contribution in [2.24, 2.45) is 7.05 Å². The first-order chi connectivity index (χ1) is 20.3.